The first-order chi connectivity index (χ1) is 8.09. The first-order valence-electron chi connectivity index (χ1n) is 6.29. The van der Waals surface area contributed by atoms with Crippen molar-refractivity contribution in [3.05, 3.63) is 0 Å². The molecule has 0 aromatic rings. The Balaban J connectivity index is 2.02. The first-order valence-corrected chi connectivity index (χ1v) is 6.29. The van der Waals surface area contributed by atoms with Gasteiger partial charge in [-0.15, -0.1) is 0 Å². The van der Waals surface area contributed by atoms with Crippen molar-refractivity contribution in [1.29, 1.82) is 0 Å². The number of hydrogen-bond acceptors (Lipinski definition) is 3. The maximum absolute atomic E-state index is 10.8. The zero-order valence-corrected chi connectivity index (χ0v) is 10.4. The van der Waals surface area contributed by atoms with Crippen LogP contribution in [0.5, 0.6) is 0 Å². The number of hydrogen-bond donors (Lipinski definition) is 2. The highest BCUT2D eigenvalue weighted by molar-refractivity contribution is 5.72. The van der Waals surface area contributed by atoms with Crippen LogP contribution >= 0.6 is 0 Å². The van der Waals surface area contributed by atoms with Crippen molar-refractivity contribution in [2.45, 2.75) is 32.6 Å². The van der Waals surface area contributed by atoms with Crippen molar-refractivity contribution in [3.8, 4) is 0 Å². The molecule has 0 aliphatic carbocycles. The van der Waals surface area contributed by atoms with E-state index in [4.69, 9.17) is 5.11 Å². The molecule has 1 heterocycles. The number of carbonyl (C=O) groups excluding carboxylic acids is 1. The van der Waals surface area contributed by atoms with Gasteiger partial charge in [-0.25, -0.2) is 0 Å². The smallest absolute Gasteiger partial charge is 0.306 e. The fourth-order valence-corrected chi connectivity index (χ4v) is 2.13. The summed E-state index contributed by atoms with van der Waals surface area (Å²) in [5.41, 5.74) is 0. The molecule has 0 atom stereocenters. The summed E-state index contributed by atoms with van der Waals surface area (Å²) >= 11 is 0. The van der Waals surface area contributed by atoms with Gasteiger partial charge in [0.25, 0.3) is 0 Å². The van der Waals surface area contributed by atoms with Crippen LogP contribution in [-0.4, -0.2) is 48.1 Å². The number of piperidine rings is 1. The molecule has 1 amide bonds. The van der Waals surface area contributed by atoms with E-state index < -0.39 is 5.97 Å². The molecule has 1 aliphatic rings. The van der Waals surface area contributed by atoms with E-state index in [0.29, 0.717) is 0 Å². The van der Waals surface area contributed by atoms with Gasteiger partial charge in [-0.1, -0.05) is 0 Å². The number of likely N-dealkylation sites (tertiary alicyclic amines) is 1. The van der Waals surface area contributed by atoms with Gasteiger partial charge in [-0.05, 0) is 45.3 Å². The molecular formula is C12H22N2O3. The predicted octanol–water partition coefficient (Wildman–Crippen LogP) is 0.699. The van der Waals surface area contributed by atoms with Gasteiger partial charge in [0, 0.05) is 13.5 Å². The zero-order chi connectivity index (χ0) is 12.7. The Kier molecular flexibility index (Phi) is 5.97. The molecule has 5 heteroatoms. The molecule has 0 saturated carbocycles. The summed E-state index contributed by atoms with van der Waals surface area (Å²) in [6, 6.07) is 0. The van der Waals surface area contributed by atoms with Crippen molar-refractivity contribution < 1.29 is 14.7 Å². The van der Waals surface area contributed by atoms with Gasteiger partial charge in [-0.3, -0.25) is 9.59 Å². The van der Waals surface area contributed by atoms with E-state index in [2.05, 4.69) is 10.2 Å². The van der Waals surface area contributed by atoms with Crippen molar-refractivity contribution in [2.75, 3.05) is 26.2 Å². The van der Waals surface area contributed by atoms with E-state index in [1.165, 1.54) is 6.92 Å². The van der Waals surface area contributed by atoms with Gasteiger partial charge in [0.15, 0.2) is 0 Å². The molecule has 0 bridgehead atoms. The zero-order valence-electron chi connectivity index (χ0n) is 10.4. The maximum atomic E-state index is 10.8. The molecule has 98 valence electrons. The molecule has 0 aromatic heterocycles. The van der Waals surface area contributed by atoms with Crippen molar-refractivity contribution in [1.82, 2.24) is 10.2 Å². The lowest BCUT2D eigenvalue weighted by Crippen LogP contribution is -2.37. The standard InChI is InChI=1S/C12H22N2O3/c1-10(15)13-6-2-3-7-14-8-4-11(5-9-14)12(16)17/h11H,2-9H2,1H3,(H,13,15)(H,16,17). The molecule has 0 unspecified atom stereocenters. The lowest BCUT2D eigenvalue weighted by Gasteiger charge is -2.29. The van der Waals surface area contributed by atoms with Gasteiger partial charge in [-0.2, -0.15) is 0 Å². The number of rotatable bonds is 6. The summed E-state index contributed by atoms with van der Waals surface area (Å²) in [7, 11) is 0. The summed E-state index contributed by atoms with van der Waals surface area (Å²) in [5.74, 6) is -0.784. The Hall–Kier alpha value is -1.10. The van der Waals surface area contributed by atoms with E-state index in [9.17, 15) is 9.59 Å². The molecule has 1 fully saturated rings. The summed E-state index contributed by atoms with van der Waals surface area (Å²) in [6.07, 6.45) is 3.57. The van der Waals surface area contributed by atoms with E-state index >= 15 is 0 Å². The molecule has 17 heavy (non-hydrogen) atoms. The number of carboxylic acid groups (broad SMARTS) is 1. The van der Waals surface area contributed by atoms with Crippen LogP contribution in [-0.2, 0) is 9.59 Å². The number of amides is 1. The molecule has 2 N–H and O–H groups in total. The second-order valence-electron chi connectivity index (χ2n) is 4.64. The molecule has 1 rings (SSSR count). The van der Waals surface area contributed by atoms with Crippen LogP contribution in [0.15, 0.2) is 0 Å². The number of aliphatic carboxylic acids is 1. The Labute approximate surface area is 102 Å². The van der Waals surface area contributed by atoms with Crippen LogP contribution in [0.25, 0.3) is 0 Å². The van der Waals surface area contributed by atoms with E-state index in [1.807, 2.05) is 0 Å². The summed E-state index contributed by atoms with van der Waals surface area (Å²) < 4.78 is 0. The molecule has 1 aliphatic heterocycles. The van der Waals surface area contributed by atoms with Crippen LogP contribution in [0.4, 0.5) is 0 Å². The minimum absolute atomic E-state index is 0.0206. The average molecular weight is 242 g/mol. The van der Waals surface area contributed by atoms with Crippen LogP contribution in [0.3, 0.4) is 0 Å². The maximum Gasteiger partial charge on any atom is 0.306 e. The van der Waals surface area contributed by atoms with Crippen molar-refractivity contribution in [3.63, 3.8) is 0 Å². The average Bonchev–Trinajstić information content (AvgIpc) is 2.29. The second-order valence-corrected chi connectivity index (χ2v) is 4.64. The highest BCUT2D eigenvalue weighted by Crippen LogP contribution is 2.17. The van der Waals surface area contributed by atoms with Crippen molar-refractivity contribution >= 4 is 11.9 Å². The minimum atomic E-state index is -0.657. The normalized spacial score (nSPS) is 17.9. The van der Waals surface area contributed by atoms with Gasteiger partial charge >= 0.3 is 5.97 Å². The molecule has 0 radical (unpaired) electrons. The molecule has 0 spiro atoms. The quantitative estimate of drug-likeness (QED) is 0.673. The Morgan fingerprint density at radius 3 is 2.47 bits per heavy atom. The topological polar surface area (TPSA) is 69.6 Å². The lowest BCUT2D eigenvalue weighted by molar-refractivity contribution is -0.143. The van der Waals surface area contributed by atoms with Crippen LogP contribution < -0.4 is 5.32 Å². The van der Waals surface area contributed by atoms with E-state index in [0.717, 1.165) is 51.9 Å². The van der Waals surface area contributed by atoms with Crippen LogP contribution in [0.1, 0.15) is 32.6 Å². The molecule has 5 nitrogen and oxygen atoms in total. The van der Waals surface area contributed by atoms with Gasteiger partial charge < -0.3 is 15.3 Å². The fraction of sp³-hybridized carbons (Fsp3) is 0.833. The summed E-state index contributed by atoms with van der Waals surface area (Å²) in [4.78, 5) is 23.7. The summed E-state index contributed by atoms with van der Waals surface area (Å²) in [6.45, 7) is 5.04. The van der Waals surface area contributed by atoms with E-state index in [1.54, 1.807) is 0 Å². The van der Waals surface area contributed by atoms with Gasteiger partial charge in [0.2, 0.25) is 5.91 Å². The second kappa shape index (κ2) is 7.27. The highest BCUT2D eigenvalue weighted by atomic mass is 16.4. The number of nitrogens with zero attached hydrogens (tertiary/aromatic N) is 1. The SMILES string of the molecule is CC(=O)NCCCCN1CCC(C(=O)O)CC1. The minimum Gasteiger partial charge on any atom is -0.481 e. The van der Waals surface area contributed by atoms with E-state index in [-0.39, 0.29) is 11.8 Å². The Morgan fingerprint density at radius 2 is 1.94 bits per heavy atom. The van der Waals surface area contributed by atoms with Crippen molar-refractivity contribution in [2.24, 2.45) is 5.92 Å². The highest BCUT2D eigenvalue weighted by Gasteiger charge is 2.23. The van der Waals surface area contributed by atoms with Gasteiger partial charge in [0.05, 0.1) is 5.92 Å². The Morgan fingerprint density at radius 1 is 1.29 bits per heavy atom. The largest absolute Gasteiger partial charge is 0.481 e. The monoisotopic (exact) mass is 242 g/mol. The third-order valence-corrected chi connectivity index (χ3v) is 3.21. The van der Waals surface area contributed by atoms with Gasteiger partial charge in [0.1, 0.15) is 0 Å². The number of carbonyl (C=O) groups is 2. The summed E-state index contributed by atoms with van der Waals surface area (Å²) in [5, 5.41) is 11.6. The Bertz CT molecular complexity index is 260. The fourth-order valence-electron chi connectivity index (χ4n) is 2.13. The predicted molar refractivity (Wildman–Crippen MR) is 64.7 cm³/mol. The number of nitrogens with one attached hydrogen (secondary N) is 1. The third kappa shape index (κ3) is 5.68. The molecule has 0 aromatic carbocycles. The van der Waals surface area contributed by atoms with Crippen LogP contribution in [0.2, 0.25) is 0 Å². The van der Waals surface area contributed by atoms with Crippen LogP contribution in [0, 0.1) is 5.92 Å². The molecule has 1 saturated heterocycles. The first kappa shape index (κ1) is 14.0. The third-order valence-electron chi connectivity index (χ3n) is 3.21. The number of unbranched alkanes of at least 4 members (excludes halogenated alkanes) is 1. The lowest BCUT2D eigenvalue weighted by atomic mass is 9.97. The molecular weight excluding hydrogens is 220 g/mol. The number of carboxylic acids is 1.